The highest BCUT2D eigenvalue weighted by Crippen LogP contribution is 2.22. The summed E-state index contributed by atoms with van der Waals surface area (Å²) in [7, 11) is 2.44. The molecule has 0 aromatic rings. The van der Waals surface area contributed by atoms with Gasteiger partial charge in [-0.15, -0.1) is 12.4 Å². The van der Waals surface area contributed by atoms with Crippen LogP contribution in [0.1, 0.15) is 137 Å². The Balaban J connectivity index is 0. The Kier molecular flexibility index (Phi) is 23.6. The summed E-state index contributed by atoms with van der Waals surface area (Å²) in [6.45, 7) is 9.04. The molecule has 0 rings (SSSR count). The molecule has 0 radical (unpaired) electrons. The number of nitrogens with one attached hydrogen (secondary N) is 1. The van der Waals surface area contributed by atoms with Gasteiger partial charge >= 0.3 is 8.80 Å². The van der Waals surface area contributed by atoms with Gasteiger partial charge in [-0.2, -0.15) is 0 Å². The largest absolute Gasteiger partial charge is 0.518 e. The van der Waals surface area contributed by atoms with Crippen LogP contribution in [0.2, 0.25) is 0 Å². The molecule has 0 bridgehead atoms. The molecule has 0 aliphatic heterocycles. The molecular weight excluding hydrogens is 438 g/mol. The molecule has 0 amide bonds. The van der Waals surface area contributed by atoms with Crippen molar-refractivity contribution in [2.45, 2.75) is 148 Å². The zero-order valence-corrected chi connectivity index (χ0v) is 24.5. The van der Waals surface area contributed by atoms with Gasteiger partial charge in [-0.25, -0.2) is 0 Å². The van der Waals surface area contributed by atoms with Gasteiger partial charge in [-0.3, -0.25) is 0 Å². The quantitative estimate of drug-likeness (QED) is 0.114. The van der Waals surface area contributed by atoms with Crippen molar-refractivity contribution in [3.63, 3.8) is 0 Å². The van der Waals surface area contributed by atoms with Crippen molar-refractivity contribution < 1.29 is 13.3 Å². The van der Waals surface area contributed by atoms with Crippen molar-refractivity contribution in [3.05, 3.63) is 0 Å². The Morgan fingerprint density at radius 2 is 0.969 bits per heavy atom. The zero-order valence-electron chi connectivity index (χ0n) is 22.7. The summed E-state index contributed by atoms with van der Waals surface area (Å²) in [6, 6.07) is 0. The van der Waals surface area contributed by atoms with Gasteiger partial charge in [0.15, 0.2) is 0 Å². The second-order valence-electron chi connectivity index (χ2n) is 9.90. The van der Waals surface area contributed by atoms with E-state index in [0.29, 0.717) is 0 Å². The third-order valence-corrected chi connectivity index (χ3v) is 9.77. The Bertz CT molecular complexity index is 387. The number of hydrogen-bond acceptors (Lipinski definition) is 4. The fourth-order valence-corrected chi connectivity index (χ4v) is 7.02. The first-order chi connectivity index (χ1) is 14.9. The number of halogens is 1. The lowest BCUT2D eigenvalue weighted by molar-refractivity contribution is 0.0992. The van der Waals surface area contributed by atoms with Gasteiger partial charge in [0.05, 0.1) is 5.67 Å². The van der Waals surface area contributed by atoms with E-state index in [0.717, 1.165) is 6.42 Å². The maximum atomic E-state index is 5.70. The predicted molar refractivity (Wildman–Crippen MR) is 145 cm³/mol. The molecule has 0 spiro atoms. The van der Waals surface area contributed by atoms with E-state index in [1.807, 2.05) is 0 Å². The van der Waals surface area contributed by atoms with Crippen LogP contribution in [0.15, 0.2) is 0 Å². The molecule has 0 heterocycles. The standard InChI is InChI=1S/C26H57NO3Si.ClH/c1-8-10-11-12-13-14-15-16-17-18-19-20-21-22-23-24-26(3,4)27-25(9-2)31(28-5,29-6)30-7;/h25,27H,8-24H2,1-7H3;1H. The van der Waals surface area contributed by atoms with Crippen LogP contribution < -0.4 is 5.32 Å². The normalized spacial score (nSPS) is 13.2. The van der Waals surface area contributed by atoms with Gasteiger partial charge in [0.25, 0.3) is 0 Å². The minimum absolute atomic E-state index is 0. The molecule has 0 aliphatic rings. The van der Waals surface area contributed by atoms with Gasteiger partial charge in [0.1, 0.15) is 0 Å². The molecule has 1 atom stereocenters. The number of rotatable bonds is 23. The topological polar surface area (TPSA) is 39.7 Å². The highest BCUT2D eigenvalue weighted by molar-refractivity contribution is 6.62. The Labute approximate surface area is 209 Å². The van der Waals surface area contributed by atoms with E-state index in [4.69, 9.17) is 13.3 Å². The molecular formula is C26H58ClNO3Si. The van der Waals surface area contributed by atoms with Gasteiger partial charge in [0, 0.05) is 26.9 Å². The number of unbranched alkanes of at least 4 members (excludes halogenated alkanes) is 14. The Hall–Kier alpha value is 0.347. The zero-order chi connectivity index (χ0) is 23.4. The van der Waals surface area contributed by atoms with Crippen molar-refractivity contribution >= 4 is 21.2 Å². The lowest BCUT2D eigenvalue weighted by atomic mass is 9.95. The van der Waals surface area contributed by atoms with Crippen molar-refractivity contribution in [2.75, 3.05) is 21.3 Å². The van der Waals surface area contributed by atoms with E-state index >= 15 is 0 Å². The lowest BCUT2D eigenvalue weighted by Gasteiger charge is -2.38. The molecule has 0 fully saturated rings. The summed E-state index contributed by atoms with van der Waals surface area (Å²) in [6.07, 6.45) is 23.2. The first-order valence-corrected chi connectivity index (χ1v) is 15.1. The van der Waals surface area contributed by atoms with Gasteiger partial charge in [-0.05, 0) is 26.7 Å². The summed E-state index contributed by atoms with van der Waals surface area (Å²) in [5, 5.41) is 3.77. The minimum Gasteiger partial charge on any atom is -0.376 e. The SMILES string of the molecule is CCCCCCCCCCCCCCCCCC(C)(C)NC(CC)[Si](OC)(OC)OC.Cl. The highest BCUT2D eigenvalue weighted by atomic mass is 35.5. The smallest absolute Gasteiger partial charge is 0.376 e. The van der Waals surface area contributed by atoms with E-state index in [1.165, 1.54) is 103 Å². The van der Waals surface area contributed by atoms with E-state index in [-0.39, 0.29) is 23.6 Å². The van der Waals surface area contributed by atoms with Crippen LogP contribution in [0, 0.1) is 0 Å². The molecule has 0 aromatic carbocycles. The molecule has 6 heteroatoms. The molecule has 4 nitrogen and oxygen atoms in total. The van der Waals surface area contributed by atoms with Crippen LogP contribution in [0.4, 0.5) is 0 Å². The first kappa shape index (κ1) is 34.5. The summed E-state index contributed by atoms with van der Waals surface area (Å²) < 4.78 is 17.1. The molecule has 32 heavy (non-hydrogen) atoms. The van der Waals surface area contributed by atoms with E-state index in [9.17, 15) is 0 Å². The van der Waals surface area contributed by atoms with Crippen LogP contribution in [-0.4, -0.2) is 41.3 Å². The molecule has 1 unspecified atom stereocenters. The van der Waals surface area contributed by atoms with Crippen LogP contribution >= 0.6 is 12.4 Å². The summed E-state index contributed by atoms with van der Waals surface area (Å²) in [5.41, 5.74) is 0.184. The highest BCUT2D eigenvalue weighted by Gasteiger charge is 2.48. The van der Waals surface area contributed by atoms with Crippen molar-refractivity contribution in [2.24, 2.45) is 0 Å². The lowest BCUT2D eigenvalue weighted by Crippen LogP contribution is -2.64. The predicted octanol–water partition coefficient (Wildman–Crippen LogP) is 8.23. The van der Waals surface area contributed by atoms with Crippen LogP contribution in [0.3, 0.4) is 0 Å². The maximum absolute atomic E-state index is 5.70. The molecule has 0 saturated carbocycles. The van der Waals surface area contributed by atoms with E-state index < -0.39 is 8.80 Å². The summed E-state index contributed by atoms with van der Waals surface area (Å²) >= 11 is 0. The average Bonchev–Trinajstić information content (AvgIpc) is 2.77. The fourth-order valence-electron chi connectivity index (χ4n) is 4.60. The second-order valence-corrected chi connectivity index (χ2v) is 13.0. The number of hydrogen-bond donors (Lipinski definition) is 1. The van der Waals surface area contributed by atoms with Gasteiger partial charge in [0.2, 0.25) is 0 Å². The Morgan fingerprint density at radius 1 is 0.625 bits per heavy atom. The molecule has 0 aliphatic carbocycles. The van der Waals surface area contributed by atoms with Crippen molar-refractivity contribution in [1.29, 1.82) is 0 Å². The average molecular weight is 496 g/mol. The molecule has 196 valence electrons. The third-order valence-electron chi connectivity index (χ3n) is 6.66. The van der Waals surface area contributed by atoms with Crippen molar-refractivity contribution in [3.8, 4) is 0 Å². The van der Waals surface area contributed by atoms with Gasteiger partial charge in [-0.1, -0.05) is 110 Å². The molecule has 1 N–H and O–H groups in total. The monoisotopic (exact) mass is 495 g/mol. The fraction of sp³-hybridized carbons (Fsp3) is 1.00. The van der Waals surface area contributed by atoms with E-state index in [2.05, 4.69) is 33.0 Å². The summed E-state index contributed by atoms with van der Waals surface area (Å²) in [5.74, 6) is 0. The second kappa shape index (κ2) is 21.9. The van der Waals surface area contributed by atoms with Crippen LogP contribution in [0.25, 0.3) is 0 Å². The van der Waals surface area contributed by atoms with Crippen LogP contribution in [0.5, 0.6) is 0 Å². The maximum Gasteiger partial charge on any atom is 0.518 e. The summed E-state index contributed by atoms with van der Waals surface area (Å²) in [4.78, 5) is 0. The van der Waals surface area contributed by atoms with Crippen LogP contribution in [-0.2, 0) is 13.3 Å². The molecule has 0 aromatic heterocycles. The first-order valence-electron chi connectivity index (χ1n) is 13.3. The third kappa shape index (κ3) is 16.1. The van der Waals surface area contributed by atoms with Gasteiger partial charge < -0.3 is 18.6 Å². The Morgan fingerprint density at radius 3 is 1.28 bits per heavy atom. The van der Waals surface area contributed by atoms with Crippen molar-refractivity contribution in [1.82, 2.24) is 5.32 Å². The minimum atomic E-state index is -2.66. The molecule has 0 saturated heterocycles. The van der Waals surface area contributed by atoms with E-state index in [1.54, 1.807) is 21.3 Å².